The molecule has 0 atom stereocenters. The first-order chi connectivity index (χ1) is 55.7. The molecule has 0 saturated carbocycles. The van der Waals surface area contributed by atoms with E-state index in [0.29, 0.717) is 13.0 Å². The molecule has 46 heteroatoms. The first-order valence-corrected chi connectivity index (χ1v) is 33.8. The Morgan fingerprint density at radius 1 is 0.319 bits per heavy atom. The van der Waals surface area contributed by atoms with Gasteiger partial charge in [-0.2, -0.15) is 8.78 Å². The third kappa shape index (κ3) is 56.0. The molecule has 2 amide bonds. The normalized spacial score (nSPS) is 11.9. The van der Waals surface area contributed by atoms with Crippen molar-refractivity contribution in [2.75, 3.05) is 269 Å². The number of benzene rings is 3. The number of hydrogen-bond donors (Lipinski definition) is 1. The minimum absolute atomic E-state index is 0.00783. The third-order valence-corrected chi connectivity index (χ3v) is 12.3. The summed E-state index contributed by atoms with van der Waals surface area (Å²) in [5.74, 6) is -3.57. The summed E-state index contributed by atoms with van der Waals surface area (Å²) in [7, 11) is 0. The molecule has 644 valence electrons. The fourth-order valence-corrected chi connectivity index (χ4v) is 7.52. The zero-order valence-corrected chi connectivity index (χ0v) is 62.1. The summed E-state index contributed by atoms with van der Waals surface area (Å²) in [6, 6.07) is 15.3. The van der Waals surface area contributed by atoms with Gasteiger partial charge < -0.3 is 185 Å². The van der Waals surface area contributed by atoms with E-state index in [4.69, 9.17) is 171 Å². The van der Waals surface area contributed by atoms with Gasteiger partial charge in [-0.15, -0.1) is 0 Å². The molecule has 42 nitrogen and oxygen atoms in total. The predicted octanol–water partition coefficient (Wildman–Crippen LogP) is 3.92. The lowest BCUT2D eigenvalue weighted by Gasteiger charge is -2.26. The summed E-state index contributed by atoms with van der Waals surface area (Å²) < 4.78 is 242. The number of hydrogen-bond acceptors (Lipinski definition) is 40. The molecule has 0 saturated heterocycles. The van der Waals surface area contributed by atoms with Crippen LogP contribution in [0.2, 0.25) is 0 Å². The Bertz CT molecular complexity index is 2840. The number of halogens is 4. The number of para-hydroxylation sites is 1. The molecule has 0 aromatic heterocycles. The lowest BCUT2D eigenvalue weighted by molar-refractivity contribution is -0.243. The number of fused-ring (bicyclic) bond motifs is 2. The molecule has 4 rings (SSSR count). The van der Waals surface area contributed by atoms with E-state index in [1.165, 1.54) is 0 Å². The van der Waals surface area contributed by atoms with E-state index in [9.17, 15) is 31.9 Å². The Labute approximate surface area is 647 Å². The van der Waals surface area contributed by atoms with Crippen LogP contribution in [-0.2, 0) is 191 Å². The maximum atomic E-state index is 13.6. The van der Waals surface area contributed by atoms with Crippen molar-refractivity contribution < 1.29 is 207 Å². The van der Waals surface area contributed by atoms with Crippen molar-refractivity contribution in [3.63, 3.8) is 0 Å². The molecular weight excluding hydrogens is 1550 g/mol. The number of nitrogens with zero attached hydrogens (tertiary/aromatic N) is 1. The molecule has 0 spiro atoms. The van der Waals surface area contributed by atoms with Crippen LogP contribution in [0.1, 0.15) is 42.4 Å². The molecule has 1 heterocycles. The quantitative estimate of drug-likeness (QED) is 0.0159. The first kappa shape index (κ1) is 99.3. The Hall–Kier alpha value is -6.09. The highest BCUT2D eigenvalue weighted by Crippen LogP contribution is 2.28. The monoisotopic (exact) mass is 1650 g/mol. The van der Waals surface area contributed by atoms with Gasteiger partial charge in [0.15, 0.2) is 229 Å². The minimum atomic E-state index is -1.83. The number of anilines is 1. The zero-order chi connectivity index (χ0) is 80.3. The third-order valence-electron chi connectivity index (χ3n) is 12.3. The van der Waals surface area contributed by atoms with Crippen LogP contribution in [0.25, 0.3) is 0 Å². The van der Waals surface area contributed by atoms with Gasteiger partial charge in [0.05, 0.1) is 45.1 Å². The lowest BCUT2D eigenvalue weighted by Crippen LogP contribution is -2.32. The van der Waals surface area contributed by atoms with Crippen molar-refractivity contribution in [1.29, 1.82) is 0 Å². The van der Waals surface area contributed by atoms with Gasteiger partial charge in [0.25, 0.3) is 0 Å². The van der Waals surface area contributed by atoms with Crippen LogP contribution in [0.15, 0.2) is 54.6 Å². The second-order valence-corrected chi connectivity index (χ2v) is 20.8. The number of nitrogens with one attached hydrogen (secondary N) is 1. The second kappa shape index (κ2) is 73.5. The Morgan fingerprint density at radius 3 is 0.947 bits per heavy atom. The topological polar surface area (TPSA) is 408 Å². The number of carbonyl (C=O) groups excluding carboxylic acids is 3. The molecule has 0 bridgehead atoms. The number of rotatable bonds is 82. The summed E-state index contributed by atoms with van der Waals surface area (Å²) in [4.78, 5) is 39.2. The van der Waals surface area contributed by atoms with Crippen LogP contribution in [0, 0.1) is 35.1 Å². The van der Waals surface area contributed by atoms with Crippen LogP contribution < -0.4 is 15.0 Å². The van der Waals surface area contributed by atoms with Crippen LogP contribution in [0.3, 0.4) is 0 Å². The first-order valence-electron chi connectivity index (χ1n) is 33.8. The van der Waals surface area contributed by atoms with E-state index in [1.54, 1.807) is 4.90 Å². The molecule has 3 aromatic rings. The molecule has 0 unspecified atom stereocenters. The van der Waals surface area contributed by atoms with E-state index in [2.05, 4.69) is 21.9 Å². The van der Waals surface area contributed by atoms with Gasteiger partial charge in [0, 0.05) is 36.6 Å². The molecule has 3 aromatic carbocycles. The maximum Gasteiger partial charge on any atom is 0.313 e. The van der Waals surface area contributed by atoms with Crippen molar-refractivity contribution >= 4 is 23.5 Å². The van der Waals surface area contributed by atoms with Gasteiger partial charge in [-0.05, 0) is 30.2 Å². The molecule has 113 heavy (non-hydrogen) atoms. The van der Waals surface area contributed by atoms with E-state index in [-0.39, 0.29) is 295 Å². The molecule has 0 radical (unpaired) electrons. The van der Waals surface area contributed by atoms with Crippen LogP contribution in [0.4, 0.5) is 23.2 Å². The summed E-state index contributed by atoms with van der Waals surface area (Å²) in [6.07, 6.45) is 0.349. The Morgan fingerprint density at radius 2 is 0.602 bits per heavy atom. The fraction of sp³-hybridized carbons (Fsp3) is 0.657. The summed E-state index contributed by atoms with van der Waals surface area (Å²) in [5.41, 5.74) is 3.39. The predicted molar refractivity (Wildman–Crippen MR) is 357 cm³/mol. The van der Waals surface area contributed by atoms with Crippen molar-refractivity contribution in [1.82, 2.24) is 5.32 Å². The zero-order valence-electron chi connectivity index (χ0n) is 62.1. The van der Waals surface area contributed by atoms with Gasteiger partial charge in [-0.25, -0.2) is 8.78 Å². The molecule has 0 fully saturated rings. The lowest BCUT2D eigenvalue weighted by atomic mass is 10.0. The Balaban J connectivity index is 0.700. The number of carbonyl (C=O) groups is 3. The van der Waals surface area contributed by atoms with Gasteiger partial charge >= 0.3 is 5.97 Å². The van der Waals surface area contributed by atoms with E-state index in [0.717, 1.165) is 22.4 Å². The average Bonchev–Trinajstić information content (AvgIpc) is 0.814. The van der Waals surface area contributed by atoms with Crippen molar-refractivity contribution in [3.8, 4) is 17.6 Å². The molecule has 1 N–H and O–H groups in total. The number of esters is 1. The number of amides is 2. The SMILES string of the molecule is O=C(CCCC(=O)N1Cc2ccccc2C#Cc2ccccc21)NCCOCOCOCOCOCOCOCOCOCOCOCOCOCOCOCOCOCOCOCOCOCOCOCOCOCOCOCOCOCOCOCOCOCOCOCCOCCC(=O)Oc1c(F)c(F)cc(F)c1F. The average molecular weight is 1650 g/mol. The smallest absolute Gasteiger partial charge is 0.313 e. The largest absolute Gasteiger partial charge is 0.420 e. The van der Waals surface area contributed by atoms with Gasteiger partial charge in [-0.1, -0.05) is 42.2 Å². The van der Waals surface area contributed by atoms with Gasteiger partial charge in [0.1, 0.15) is 13.6 Å². The highest BCUT2D eigenvalue weighted by atomic mass is 19.2. The van der Waals surface area contributed by atoms with Gasteiger partial charge in [-0.3, -0.25) is 14.4 Å². The van der Waals surface area contributed by atoms with E-state index < -0.39 is 41.4 Å². The fourth-order valence-electron chi connectivity index (χ4n) is 7.52. The highest BCUT2D eigenvalue weighted by molar-refractivity contribution is 5.95. The van der Waals surface area contributed by atoms with Crippen LogP contribution in [0.5, 0.6) is 5.75 Å². The molecular formula is C67H98F4N2O40. The van der Waals surface area contributed by atoms with Crippen molar-refractivity contribution in [3.05, 3.63) is 94.6 Å². The maximum absolute atomic E-state index is 13.6. The Kier molecular flexibility index (Phi) is 64.6. The standard InChI is InChI=1S/C67H98F4N2O40/c68-59-20-60(69)66(71)67(65(59)70)113-64(76)14-16-77-18-19-79-23-81-25-83-27-85-29-87-31-89-33-91-35-93-37-95-39-97-41-99-43-101-45-103-47-105-49-107-51-109-53-111-55-112-54-110-52-108-50-106-48-104-46-102-44-100-42-98-40-96-38-94-36-92-34-90-32-88-30-86-28-84-26-82-24-80-22-78-17-15-72-62(74)10-5-11-63(75)73-21-58-8-2-1-6-56(58)12-13-57-7-3-4-9-61(57)73/h1-4,6-9,20H,5,10-11,14-19,21-55H2,(H,72,74). The highest BCUT2D eigenvalue weighted by Gasteiger charge is 2.24. The van der Waals surface area contributed by atoms with Gasteiger partial charge in [0.2, 0.25) is 29.2 Å². The van der Waals surface area contributed by atoms with Crippen molar-refractivity contribution in [2.45, 2.75) is 32.2 Å². The minimum Gasteiger partial charge on any atom is -0.420 e. The summed E-state index contributed by atoms with van der Waals surface area (Å²) in [6.45, 7) is -3.39. The number of ether oxygens (including phenoxy) is 37. The molecule has 1 aliphatic heterocycles. The van der Waals surface area contributed by atoms with Crippen LogP contribution >= 0.6 is 0 Å². The van der Waals surface area contributed by atoms with E-state index >= 15 is 0 Å². The summed E-state index contributed by atoms with van der Waals surface area (Å²) in [5, 5.41) is 2.78. The van der Waals surface area contributed by atoms with E-state index in [1.807, 2.05) is 48.5 Å². The summed E-state index contributed by atoms with van der Waals surface area (Å²) >= 11 is 0. The molecule has 1 aliphatic rings. The molecule has 0 aliphatic carbocycles. The van der Waals surface area contributed by atoms with Crippen LogP contribution in [-0.4, -0.2) is 282 Å². The van der Waals surface area contributed by atoms with Crippen molar-refractivity contribution in [2.24, 2.45) is 0 Å². The second-order valence-electron chi connectivity index (χ2n) is 20.8.